The molecule has 2 rings (SSSR count). The van der Waals surface area contributed by atoms with Crippen molar-refractivity contribution in [2.24, 2.45) is 5.73 Å². The first kappa shape index (κ1) is 13.6. The van der Waals surface area contributed by atoms with Crippen LogP contribution in [0.2, 0.25) is 0 Å². The molecule has 2 N–H and O–H groups in total. The zero-order valence-corrected chi connectivity index (χ0v) is 11.7. The monoisotopic (exact) mass is 252 g/mol. The highest BCUT2D eigenvalue weighted by molar-refractivity contribution is 5.12. The summed E-state index contributed by atoms with van der Waals surface area (Å²) in [4.78, 5) is 2.40. The van der Waals surface area contributed by atoms with Gasteiger partial charge in [0.15, 0.2) is 0 Å². The van der Waals surface area contributed by atoms with Crippen LogP contribution in [0.4, 0.5) is 0 Å². The van der Waals surface area contributed by atoms with Crippen molar-refractivity contribution in [3.8, 4) is 0 Å². The van der Waals surface area contributed by atoms with E-state index in [0.717, 1.165) is 24.7 Å². The van der Waals surface area contributed by atoms with Crippen LogP contribution in [0.5, 0.6) is 0 Å². The fraction of sp³-hybridized carbons (Fsp3) is 0.714. The molecule has 2 heterocycles. The normalized spacial score (nSPS) is 29.2. The number of morpholine rings is 1. The smallest absolute Gasteiger partial charge is 0.122 e. The lowest BCUT2D eigenvalue weighted by atomic mass is 10.0. The number of rotatable bonds is 3. The summed E-state index contributed by atoms with van der Waals surface area (Å²) in [6.07, 6.45) is 0.249. The van der Waals surface area contributed by atoms with Crippen LogP contribution >= 0.6 is 0 Å². The van der Waals surface area contributed by atoms with Gasteiger partial charge in [-0.3, -0.25) is 4.90 Å². The lowest BCUT2D eigenvalue weighted by Gasteiger charge is -2.42. The third-order valence-corrected chi connectivity index (χ3v) is 3.56. The second-order valence-electron chi connectivity index (χ2n) is 5.44. The lowest BCUT2D eigenvalue weighted by molar-refractivity contribution is -0.0728. The second kappa shape index (κ2) is 5.43. The molecule has 0 radical (unpaired) electrons. The van der Waals surface area contributed by atoms with Crippen LogP contribution in [0.15, 0.2) is 16.5 Å². The Hall–Kier alpha value is -0.840. The summed E-state index contributed by atoms with van der Waals surface area (Å²) in [5, 5.41) is 0. The minimum absolute atomic E-state index is 0.0308. The predicted octanol–water partition coefficient (Wildman–Crippen LogP) is 2.09. The summed E-state index contributed by atoms with van der Waals surface area (Å²) < 4.78 is 11.5. The molecule has 1 saturated heterocycles. The highest BCUT2D eigenvalue weighted by Crippen LogP contribution is 2.29. The second-order valence-corrected chi connectivity index (χ2v) is 5.44. The molecule has 0 amide bonds. The minimum atomic E-state index is 0.0308. The van der Waals surface area contributed by atoms with Gasteiger partial charge < -0.3 is 14.9 Å². The largest absolute Gasteiger partial charge is 0.465 e. The van der Waals surface area contributed by atoms with E-state index in [0.29, 0.717) is 6.04 Å². The van der Waals surface area contributed by atoms with Crippen LogP contribution in [-0.2, 0) is 4.74 Å². The van der Waals surface area contributed by atoms with E-state index in [-0.39, 0.29) is 18.2 Å². The number of furan rings is 1. The van der Waals surface area contributed by atoms with Gasteiger partial charge in [0.25, 0.3) is 0 Å². The fourth-order valence-corrected chi connectivity index (χ4v) is 2.65. The van der Waals surface area contributed by atoms with Crippen molar-refractivity contribution in [1.29, 1.82) is 0 Å². The van der Waals surface area contributed by atoms with Crippen molar-refractivity contribution in [2.75, 3.05) is 13.2 Å². The molecule has 0 aliphatic carbocycles. The molecule has 4 atom stereocenters. The van der Waals surface area contributed by atoms with Gasteiger partial charge in [-0.1, -0.05) is 0 Å². The van der Waals surface area contributed by atoms with Gasteiger partial charge in [-0.15, -0.1) is 0 Å². The number of hydrogen-bond donors (Lipinski definition) is 1. The first-order valence-electron chi connectivity index (χ1n) is 6.68. The summed E-state index contributed by atoms with van der Waals surface area (Å²) in [7, 11) is 0. The maximum absolute atomic E-state index is 6.17. The van der Waals surface area contributed by atoms with Crippen LogP contribution in [0.25, 0.3) is 0 Å². The Bertz CT molecular complexity index is 389. The quantitative estimate of drug-likeness (QED) is 0.895. The average Bonchev–Trinajstić information content (AvgIpc) is 2.70. The van der Waals surface area contributed by atoms with Crippen molar-refractivity contribution < 1.29 is 9.15 Å². The standard InChI is InChI=1S/C14H24N2O2/c1-9-8-17-11(3)7-16(9)14(12(4)15)13-6-5-10(2)18-13/h5-6,9,11-12,14H,7-8,15H2,1-4H3. The molecular formula is C14H24N2O2. The van der Waals surface area contributed by atoms with Gasteiger partial charge in [0, 0.05) is 18.6 Å². The Morgan fingerprint density at radius 2 is 2.11 bits per heavy atom. The summed E-state index contributed by atoms with van der Waals surface area (Å²) in [5.41, 5.74) is 6.17. The summed E-state index contributed by atoms with van der Waals surface area (Å²) in [6.45, 7) is 9.93. The van der Waals surface area contributed by atoms with Crippen molar-refractivity contribution in [2.45, 2.75) is 51.9 Å². The maximum atomic E-state index is 6.17. The maximum Gasteiger partial charge on any atom is 0.122 e. The Morgan fingerprint density at radius 3 is 2.67 bits per heavy atom. The highest BCUT2D eigenvalue weighted by atomic mass is 16.5. The van der Waals surface area contributed by atoms with E-state index >= 15 is 0 Å². The molecule has 1 aliphatic rings. The van der Waals surface area contributed by atoms with Gasteiger partial charge in [0.05, 0.1) is 18.8 Å². The highest BCUT2D eigenvalue weighted by Gasteiger charge is 2.34. The van der Waals surface area contributed by atoms with Crippen molar-refractivity contribution >= 4 is 0 Å². The van der Waals surface area contributed by atoms with Crippen LogP contribution in [0, 0.1) is 6.92 Å². The van der Waals surface area contributed by atoms with Crippen molar-refractivity contribution in [1.82, 2.24) is 4.90 Å². The number of ether oxygens (including phenoxy) is 1. The summed E-state index contributed by atoms with van der Waals surface area (Å²) in [6, 6.07) is 4.56. The van der Waals surface area contributed by atoms with Crippen molar-refractivity contribution in [3.05, 3.63) is 23.7 Å². The molecule has 4 heteroatoms. The number of nitrogens with two attached hydrogens (primary N) is 1. The molecule has 18 heavy (non-hydrogen) atoms. The molecule has 0 spiro atoms. The van der Waals surface area contributed by atoms with Gasteiger partial charge in [-0.05, 0) is 39.8 Å². The molecule has 1 aromatic heterocycles. The first-order chi connectivity index (χ1) is 8.49. The van der Waals surface area contributed by atoms with E-state index in [1.807, 2.05) is 26.0 Å². The molecule has 1 aromatic rings. The molecule has 4 unspecified atom stereocenters. The minimum Gasteiger partial charge on any atom is -0.465 e. The van der Waals surface area contributed by atoms with E-state index in [2.05, 4.69) is 18.7 Å². The zero-order valence-electron chi connectivity index (χ0n) is 11.7. The molecule has 0 bridgehead atoms. The van der Waals surface area contributed by atoms with Crippen LogP contribution in [-0.4, -0.2) is 36.2 Å². The van der Waals surface area contributed by atoms with Crippen molar-refractivity contribution in [3.63, 3.8) is 0 Å². The van der Waals surface area contributed by atoms with Gasteiger partial charge in [0.1, 0.15) is 11.5 Å². The SMILES string of the molecule is Cc1ccc(C(C(C)N)N2CC(C)OCC2C)o1. The number of hydrogen-bond acceptors (Lipinski definition) is 4. The lowest BCUT2D eigenvalue weighted by Crippen LogP contribution is -2.52. The zero-order chi connectivity index (χ0) is 13.3. The van der Waals surface area contributed by atoms with E-state index in [1.54, 1.807) is 0 Å². The Labute approximate surface area is 109 Å². The average molecular weight is 252 g/mol. The van der Waals surface area contributed by atoms with E-state index < -0.39 is 0 Å². The Balaban J connectivity index is 2.24. The molecule has 1 fully saturated rings. The fourth-order valence-electron chi connectivity index (χ4n) is 2.65. The van der Waals surface area contributed by atoms with Gasteiger partial charge in [-0.25, -0.2) is 0 Å². The summed E-state index contributed by atoms with van der Waals surface area (Å²) >= 11 is 0. The Morgan fingerprint density at radius 1 is 1.39 bits per heavy atom. The molecular weight excluding hydrogens is 228 g/mol. The molecule has 102 valence electrons. The molecule has 1 aliphatic heterocycles. The van der Waals surface area contributed by atoms with E-state index in [1.165, 1.54) is 0 Å². The topological polar surface area (TPSA) is 51.6 Å². The van der Waals surface area contributed by atoms with E-state index in [9.17, 15) is 0 Å². The van der Waals surface area contributed by atoms with E-state index in [4.69, 9.17) is 14.9 Å². The third kappa shape index (κ3) is 2.76. The Kier molecular flexibility index (Phi) is 4.10. The molecule has 4 nitrogen and oxygen atoms in total. The van der Waals surface area contributed by atoms with Gasteiger partial charge in [-0.2, -0.15) is 0 Å². The first-order valence-corrected chi connectivity index (χ1v) is 6.68. The third-order valence-electron chi connectivity index (χ3n) is 3.56. The molecule has 0 aromatic carbocycles. The number of aryl methyl sites for hydroxylation is 1. The van der Waals surface area contributed by atoms with Crippen LogP contribution in [0.1, 0.15) is 38.3 Å². The number of nitrogens with zero attached hydrogens (tertiary/aromatic N) is 1. The predicted molar refractivity (Wildman–Crippen MR) is 71.4 cm³/mol. The van der Waals surface area contributed by atoms with Gasteiger partial charge >= 0.3 is 0 Å². The van der Waals surface area contributed by atoms with Gasteiger partial charge in [0.2, 0.25) is 0 Å². The van der Waals surface area contributed by atoms with Crippen LogP contribution in [0.3, 0.4) is 0 Å². The summed E-state index contributed by atoms with van der Waals surface area (Å²) in [5.74, 6) is 1.90. The molecule has 0 saturated carbocycles. The van der Waals surface area contributed by atoms with Crippen LogP contribution < -0.4 is 5.73 Å².